The van der Waals surface area contributed by atoms with Crippen molar-refractivity contribution in [3.8, 4) is 0 Å². The number of ether oxygens (including phenoxy) is 3. The predicted octanol–water partition coefficient (Wildman–Crippen LogP) is 4.04. The monoisotopic (exact) mass is 537 g/mol. The molecule has 2 aromatic rings. The molecule has 3 rings (SSSR count). The smallest absolute Gasteiger partial charge is 0.243 e. The van der Waals surface area contributed by atoms with Crippen LogP contribution in [0.3, 0.4) is 0 Å². The largest absolute Gasteiger partial charge is 0.464 e. The lowest BCUT2D eigenvalue weighted by Crippen LogP contribution is -2.33. The van der Waals surface area contributed by atoms with Crippen LogP contribution in [0.25, 0.3) is 11.0 Å². The molecule has 1 saturated heterocycles. The van der Waals surface area contributed by atoms with Gasteiger partial charge in [-0.1, -0.05) is 20.4 Å². The highest BCUT2D eigenvalue weighted by molar-refractivity contribution is 5.86. The number of carbonyl (C=O) groups is 1. The van der Waals surface area contributed by atoms with Gasteiger partial charge in [-0.15, -0.1) is 0 Å². The molecule has 8 nitrogen and oxygen atoms in total. The maximum Gasteiger partial charge on any atom is 0.243 e. The number of hydrogen-bond donors (Lipinski definition) is 2. The zero-order valence-corrected chi connectivity index (χ0v) is 23.7. The fourth-order valence-corrected chi connectivity index (χ4v) is 4.05. The molecule has 1 amide bonds. The van der Waals surface area contributed by atoms with Gasteiger partial charge in [0.05, 0.1) is 45.9 Å². The molecule has 1 aromatic heterocycles. The number of fused-ring (bicyclic) bond motifs is 1. The van der Waals surface area contributed by atoms with Crippen LogP contribution in [0.5, 0.6) is 0 Å². The number of amides is 1. The molecule has 9 heteroatoms. The molecular weight excluding hydrogens is 489 g/mol. The summed E-state index contributed by atoms with van der Waals surface area (Å²) < 4.78 is 35.2. The summed E-state index contributed by atoms with van der Waals surface area (Å²) >= 11 is 0. The van der Waals surface area contributed by atoms with Crippen molar-refractivity contribution in [1.82, 2.24) is 15.5 Å². The molecule has 2 N–H and O–H groups in total. The maximum atomic E-state index is 14.0. The first-order chi connectivity index (χ1) is 18.5. The first-order valence-corrected chi connectivity index (χ1v) is 13.7. The Hall–Kier alpha value is -2.30. The number of nitrogens with one attached hydrogen (secondary N) is 2. The third-order valence-corrected chi connectivity index (χ3v) is 5.88. The van der Waals surface area contributed by atoms with Crippen LogP contribution in [-0.4, -0.2) is 90.7 Å². The topological polar surface area (TPSA) is 85.2 Å². The van der Waals surface area contributed by atoms with Crippen molar-refractivity contribution >= 4 is 16.9 Å². The molecule has 0 spiro atoms. The fourth-order valence-electron chi connectivity index (χ4n) is 4.05. The molecule has 216 valence electrons. The van der Waals surface area contributed by atoms with Gasteiger partial charge < -0.3 is 34.2 Å². The van der Waals surface area contributed by atoms with Crippen LogP contribution in [0.1, 0.15) is 32.3 Å². The van der Waals surface area contributed by atoms with Crippen LogP contribution >= 0.6 is 0 Å². The van der Waals surface area contributed by atoms with Crippen LogP contribution in [0, 0.1) is 11.7 Å². The second-order valence-corrected chi connectivity index (χ2v) is 8.77. The molecule has 1 fully saturated rings. The summed E-state index contributed by atoms with van der Waals surface area (Å²) in [6.07, 6.45) is 6.09. The molecule has 38 heavy (non-hydrogen) atoms. The first-order valence-electron chi connectivity index (χ1n) is 13.7. The zero-order chi connectivity index (χ0) is 28.0. The number of nitrogens with zero attached hydrogens (tertiary/aromatic N) is 1. The summed E-state index contributed by atoms with van der Waals surface area (Å²) in [6.45, 7) is 14.3. The van der Waals surface area contributed by atoms with Crippen molar-refractivity contribution in [3.63, 3.8) is 0 Å². The molecule has 0 radical (unpaired) electrons. The quantitative estimate of drug-likeness (QED) is 0.262. The number of likely N-dealkylation sites (tertiary alicyclic amines) is 1. The number of likely N-dealkylation sites (N-methyl/N-ethyl adjacent to an activating group) is 1. The van der Waals surface area contributed by atoms with E-state index in [2.05, 4.69) is 29.2 Å². The van der Waals surface area contributed by atoms with E-state index in [1.807, 2.05) is 27.0 Å². The third kappa shape index (κ3) is 14.0. The number of furan rings is 1. The fraction of sp³-hybridized carbons (Fsp3) is 0.621. The van der Waals surface area contributed by atoms with Crippen molar-refractivity contribution in [2.24, 2.45) is 5.92 Å². The van der Waals surface area contributed by atoms with Gasteiger partial charge >= 0.3 is 0 Å². The number of benzene rings is 1. The van der Waals surface area contributed by atoms with Crippen LogP contribution in [0.4, 0.5) is 4.39 Å². The third-order valence-electron chi connectivity index (χ3n) is 5.88. The predicted molar refractivity (Wildman–Crippen MR) is 151 cm³/mol. The van der Waals surface area contributed by atoms with Gasteiger partial charge in [-0.25, -0.2) is 4.39 Å². The highest BCUT2D eigenvalue weighted by Gasteiger charge is 2.20. The summed E-state index contributed by atoms with van der Waals surface area (Å²) in [4.78, 5) is 13.1. The first kappa shape index (κ1) is 33.7. The molecule has 1 aliphatic rings. The molecule has 1 aromatic carbocycles. The number of hydrogen-bond acceptors (Lipinski definition) is 7. The van der Waals surface area contributed by atoms with Crippen LogP contribution < -0.4 is 10.6 Å². The van der Waals surface area contributed by atoms with E-state index in [9.17, 15) is 9.18 Å². The van der Waals surface area contributed by atoms with E-state index in [-0.39, 0.29) is 11.7 Å². The number of halogens is 1. The lowest BCUT2D eigenvalue weighted by atomic mass is 9.90. The number of carbonyl (C=O) groups excluding carboxylic acids is 1. The highest BCUT2D eigenvalue weighted by atomic mass is 19.1. The zero-order valence-electron chi connectivity index (χ0n) is 23.7. The van der Waals surface area contributed by atoms with Gasteiger partial charge in [-0.2, -0.15) is 0 Å². The van der Waals surface area contributed by atoms with Gasteiger partial charge in [0.2, 0.25) is 5.91 Å². The molecule has 1 aliphatic heterocycles. The average molecular weight is 538 g/mol. The second-order valence-electron chi connectivity index (χ2n) is 8.77. The van der Waals surface area contributed by atoms with Gasteiger partial charge in [0, 0.05) is 25.0 Å². The highest BCUT2D eigenvalue weighted by Crippen LogP contribution is 2.28. The minimum Gasteiger partial charge on any atom is -0.464 e. The van der Waals surface area contributed by atoms with Crippen LogP contribution in [-0.2, 0) is 25.4 Å². The van der Waals surface area contributed by atoms with E-state index in [1.54, 1.807) is 12.3 Å². The van der Waals surface area contributed by atoms with E-state index in [0.29, 0.717) is 52.1 Å². The molecule has 2 heterocycles. The lowest BCUT2D eigenvalue weighted by molar-refractivity contribution is -0.116. The summed E-state index contributed by atoms with van der Waals surface area (Å²) in [6, 6.07) is 5.11. The van der Waals surface area contributed by atoms with E-state index in [0.717, 1.165) is 42.6 Å². The van der Waals surface area contributed by atoms with Crippen LogP contribution in [0.15, 0.2) is 41.5 Å². The molecule has 1 atom stereocenters. The minimum absolute atomic E-state index is 0.0999. The van der Waals surface area contributed by atoms with Gasteiger partial charge in [-0.05, 0) is 75.7 Å². The number of rotatable bonds is 15. The Bertz CT molecular complexity index is 892. The van der Waals surface area contributed by atoms with Crippen molar-refractivity contribution in [2.45, 2.75) is 33.1 Å². The van der Waals surface area contributed by atoms with Crippen molar-refractivity contribution in [3.05, 3.63) is 48.5 Å². The summed E-state index contributed by atoms with van der Waals surface area (Å²) in [7, 11) is 4.02. The van der Waals surface area contributed by atoms with Gasteiger partial charge in [0.15, 0.2) is 0 Å². The molecular formula is C29H48FN3O5. The molecule has 0 saturated carbocycles. The SMILES string of the molecule is C=CC(=O)NCCOCCOCCOCCNC.CC.CN1CCCC(Cc2c(F)ccc3occc23)C1. The Morgan fingerprint density at radius 1 is 1.11 bits per heavy atom. The van der Waals surface area contributed by atoms with Crippen LogP contribution in [0.2, 0.25) is 0 Å². The maximum absolute atomic E-state index is 14.0. The Morgan fingerprint density at radius 2 is 1.76 bits per heavy atom. The number of piperidine rings is 1. The Balaban J connectivity index is 0.000000357. The summed E-state index contributed by atoms with van der Waals surface area (Å²) in [5.74, 6) is 0.268. The van der Waals surface area contributed by atoms with E-state index < -0.39 is 0 Å². The molecule has 1 unspecified atom stereocenters. The minimum atomic E-state index is -0.187. The van der Waals surface area contributed by atoms with E-state index >= 15 is 0 Å². The standard InChI is InChI=1S/C15H18FNO.C12H24N2O4.C2H6/c1-17-7-2-3-11(10-17)9-13-12-6-8-18-15(12)5-4-14(13)16;1-3-12(15)14-5-7-17-9-11-18-10-8-16-6-4-13-2;1-2/h4-6,8,11H,2-3,7,9-10H2,1H3;3,13H,1,4-11H2,2H3,(H,14,15);1-2H3. The summed E-state index contributed by atoms with van der Waals surface area (Å²) in [5.41, 5.74) is 1.61. The van der Waals surface area contributed by atoms with Gasteiger partial charge in [0.25, 0.3) is 0 Å². The molecule has 0 bridgehead atoms. The Kier molecular flexibility index (Phi) is 19.2. The Morgan fingerprint density at radius 3 is 2.39 bits per heavy atom. The van der Waals surface area contributed by atoms with E-state index in [1.165, 1.54) is 25.0 Å². The second kappa shape index (κ2) is 21.6. The Labute approximate surface area is 227 Å². The normalized spacial score (nSPS) is 15.2. The van der Waals surface area contributed by atoms with Gasteiger partial charge in [-0.3, -0.25) is 4.79 Å². The van der Waals surface area contributed by atoms with Gasteiger partial charge in [0.1, 0.15) is 11.4 Å². The molecule has 0 aliphatic carbocycles. The summed E-state index contributed by atoms with van der Waals surface area (Å²) in [5, 5.41) is 6.54. The van der Waals surface area contributed by atoms with Crippen molar-refractivity contribution in [1.29, 1.82) is 0 Å². The van der Waals surface area contributed by atoms with Crippen molar-refractivity contribution in [2.75, 3.05) is 79.9 Å². The van der Waals surface area contributed by atoms with E-state index in [4.69, 9.17) is 18.6 Å². The van der Waals surface area contributed by atoms with Crippen molar-refractivity contribution < 1.29 is 27.8 Å². The lowest BCUT2D eigenvalue weighted by Gasteiger charge is -2.29. The average Bonchev–Trinajstić information content (AvgIpc) is 3.41.